The van der Waals surface area contributed by atoms with Crippen LogP contribution in [0.4, 0.5) is 0 Å². The molecule has 0 aliphatic heterocycles. The molecular formula is C44H85NO8P+. The van der Waals surface area contributed by atoms with Crippen LogP contribution in [-0.4, -0.2) is 74.9 Å². The van der Waals surface area contributed by atoms with Crippen LogP contribution in [0, 0.1) is 0 Å². The molecule has 0 aromatic rings. The molecule has 0 aromatic heterocycles. The molecule has 1 N–H and O–H groups in total. The zero-order valence-corrected chi connectivity index (χ0v) is 36.6. The van der Waals surface area contributed by atoms with E-state index in [4.69, 9.17) is 18.5 Å². The number of unbranched alkanes of at least 4 members (excludes halogenated alkanes) is 22. The lowest BCUT2D eigenvalue weighted by molar-refractivity contribution is -0.870. The van der Waals surface area contributed by atoms with Crippen LogP contribution in [0.15, 0.2) is 24.3 Å². The van der Waals surface area contributed by atoms with E-state index in [-0.39, 0.29) is 32.0 Å². The fourth-order valence-electron chi connectivity index (χ4n) is 5.92. The van der Waals surface area contributed by atoms with Gasteiger partial charge in [-0.05, 0) is 51.4 Å². The number of carbonyl (C=O) groups excluding carboxylic acids is 2. The molecule has 0 aromatic carbocycles. The van der Waals surface area contributed by atoms with Crippen molar-refractivity contribution in [2.24, 2.45) is 0 Å². The number of phosphoric ester groups is 1. The first-order valence-corrected chi connectivity index (χ1v) is 23.6. The van der Waals surface area contributed by atoms with E-state index in [1.54, 1.807) is 0 Å². The maximum absolute atomic E-state index is 12.7. The molecular weight excluding hydrogens is 701 g/mol. The topological polar surface area (TPSA) is 108 Å². The number of esters is 2. The number of carbonyl (C=O) groups is 2. The monoisotopic (exact) mass is 787 g/mol. The van der Waals surface area contributed by atoms with Crippen molar-refractivity contribution < 1.29 is 42.1 Å². The molecule has 318 valence electrons. The highest BCUT2D eigenvalue weighted by molar-refractivity contribution is 7.47. The number of rotatable bonds is 40. The van der Waals surface area contributed by atoms with Gasteiger partial charge in [0.15, 0.2) is 6.10 Å². The summed E-state index contributed by atoms with van der Waals surface area (Å²) >= 11 is 0. The van der Waals surface area contributed by atoms with E-state index in [0.29, 0.717) is 17.4 Å². The van der Waals surface area contributed by atoms with Crippen LogP contribution in [0.5, 0.6) is 0 Å². The third kappa shape index (κ3) is 40.2. The minimum absolute atomic E-state index is 0.0323. The Morgan fingerprint density at radius 1 is 0.556 bits per heavy atom. The second kappa shape index (κ2) is 37.1. The van der Waals surface area contributed by atoms with Crippen molar-refractivity contribution in [2.45, 2.75) is 200 Å². The number of phosphoric acid groups is 1. The number of hydrogen-bond donors (Lipinski definition) is 1. The Morgan fingerprint density at radius 3 is 1.37 bits per heavy atom. The Hall–Kier alpha value is -1.51. The largest absolute Gasteiger partial charge is 0.472 e. The Morgan fingerprint density at radius 2 is 0.944 bits per heavy atom. The van der Waals surface area contributed by atoms with Crippen molar-refractivity contribution in [1.82, 2.24) is 0 Å². The molecule has 0 fully saturated rings. The molecule has 0 amide bonds. The van der Waals surface area contributed by atoms with Crippen LogP contribution < -0.4 is 0 Å². The van der Waals surface area contributed by atoms with Crippen molar-refractivity contribution in [2.75, 3.05) is 47.5 Å². The molecule has 0 radical (unpaired) electrons. The highest BCUT2D eigenvalue weighted by Crippen LogP contribution is 2.43. The summed E-state index contributed by atoms with van der Waals surface area (Å²) in [5.74, 6) is -0.799. The number of allylic oxidation sites excluding steroid dienone is 4. The van der Waals surface area contributed by atoms with Crippen molar-refractivity contribution >= 4 is 19.8 Å². The quantitative estimate of drug-likeness (QED) is 0.0215. The van der Waals surface area contributed by atoms with Crippen LogP contribution in [0.1, 0.15) is 194 Å². The minimum atomic E-state index is -4.37. The van der Waals surface area contributed by atoms with Crippen LogP contribution in [0.25, 0.3) is 0 Å². The lowest BCUT2D eigenvalue weighted by Crippen LogP contribution is -2.37. The van der Waals surface area contributed by atoms with E-state index >= 15 is 0 Å². The molecule has 54 heavy (non-hydrogen) atoms. The predicted octanol–water partition coefficient (Wildman–Crippen LogP) is 12.4. The van der Waals surface area contributed by atoms with Gasteiger partial charge in [0, 0.05) is 12.8 Å². The molecule has 10 heteroatoms. The van der Waals surface area contributed by atoms with Gasteiger partial charge < -0.3 is 18.9 Å². The highest BCUT2D eigenvalue weighted by atomic mass is 31.2. The second-order valence-corrected chi connectivity index (χ2v) is 17.5. The smallest absolute Gasteiger partial charge is 0.462 e. The van der Waals surface area contributed by atoms with E-state index in [1.165, 1.54) is 122 Å². The Balaban J connectivity index is 4.34. The first-order valence-electron chi connectivity index (χ1n) is 22.1. The normalized spacial score (nSPS) is 13.8. The molecule has 0 heterocycles. The number of quaternary nitrogens is 1. The van der Waals surface area contributed by atoms with Crippen LogP contribution in [0.2, 0.25) is 0 Å². The Bertz CT molecular complexity index is 980. The number of ether oxygens (including phenoxy) is 2. The summed E-state index contributed by atoms with van der Waals surface area (Å²) < 4.78 is 34.3. The van der Waals surface area contributed by atoms with Gasteiger partial charge in [0.1, 0.15) is 19.8 Å². The van der Waals surface area contributed by atoms with Crippen LogP contribution in [0.3, 0.4) is 0 Å². The van der Waals surface area contributed by atoms with Crippen molar-refractivity contribution in [3.63, 3.8) is 0 Å². The number of likely N-dealkylation sites (N-methyl/N-ethyl adjacent to an activating group) is 1. The third-order valence-corrected chi connectivity index (χ3v) is 10.4. The summed E-state index contributed by atoms with van der Waals surface area (Å²) in [6.45, 7) is 4.37. The molecule has 0 saturated carbocycles. The summed E-state index contributed by atoms with van der Waals surface area (Å²) in [6, 6.07) is 0. The first kappa shape index (κ1) is 52.5. The molecule has 0 spiro atoms. The summed E-state index contributed by atoms with van der Waals surface area (Å²) in [4.78, 5) is 35.3. The SMILES string of the molecule is CCCC/C=C\CCCCCCCCCCCC(=O)OC[C@H](COP(=O)(O)OCC[N+](C)(C)C)OC(=O)CCCCCCCCCCC/C=C\CCCC. The predicted molar refractivity (Wildman–Crippen MR) is 224 cm³/mol. The number of nitrogens with zero attached hydrogens (tertiary/aromatic N) is 1. The fraction of sp³-hybridized carbons (Fsp3) is 0.864. The van der Waals surface area contributed by atoms with Crippen molar-refractivity contribution in [1.29, 1.82) is 0 Å². The Kier molecular flexibility index (Phi) is 36.1. The molecule has 0 bridgehead atoms. The van der Waals surface area contributed by atoms with Gasteiger partial charge in [-0.2, -0.15) is 0 Å². The second-order valence-electron chi connectivity index (χ2n) is 16.1. The van der Waals surface area contributed by atoms with Crippen LogP contribution >= 0.6 is 7.82 Å². The van der Waals surface area contributed by atoms with Gasteiger partial charge in [-0.25, -0.2) is 4.57 Å². The molecule has 0 saturated heterocycles. The van der Waals surface area contributed by atoms with Gasteiger partial charge in [-0.3, -0.25) is 18.6 Å². The zero-order chi connectivity index (χ0) is 40.0. The van der Waals surface area contributed by atoms with E-state index < -0.39 is 26.5 Å². The minimum Gasteiger partial charge on any atom is -0.462 e. The van der Waals surface area contributed by atoms with E-state index in [9.17, 15) is 19.0 Å². The third-order valence-electron chi connectivity index (χ3n) is 9.45. The average molecular weight is 787 g/mol. The first-order chi connectivity index (χ1) is 26.0. The highest BCUT2D eigenvalue weighted by Gasteiger charge is 2.27. The lowest BCUT2D eigenvalue weighted by atomic mass is 10.1. The van der Waals surface area contributed by atoms with Gasteiger partial charge >= 0.3 is 19.8 Å². The number of hydrogen-bond acceptors (Lipinski definition) is 7. The van der Waals surface area contributed by atoms with Gasteiger partial charge in [0.2, 0.25) is 0 Å². The van der Waals surface area contributed by atoms with Crippen molar-refractivity contribution in [3.8, 4) is 0 Å². The maximum Gasteiger partial charge on any atom is 0.472 e. The maximum atomic E-state index is 12.7. The van der Waals surface area contributed by atoms with E-state index in [2.05, 4.69) is 38.2 Å². The molecule has 0 aliphatic carbocycles. The summed E-state index contributed by atoms with van der Waals surface area (Å²) in [7, 11) is 1.48. The standard InChI is InChI=1S/C44H84NO8P/c1-6-8-10-12-14-16-18-20-22-24-26-28-30-32-34-36-43(46)50-40-42(41-52-54(48,49)51-39-38-45(3,4)5)53-44(47)37-35-33-31-29-27-25-23-21-19-17-15-13-11-9-7-2/h12-15,42H,6-11,16-41H2,1-5H3/p+1/b14-12-,15-13-/t42-/m1/s1. The van der Waals surface area contributed by atoms with Gasteiger partial charge in [-0.15, -0.1) is 0 Å². The van der Waals surface area contributed by atoms with E-state index in [1.807, 2.05) is 21.1 Å². The molecule has 0 rings (SSSR count). The molecule has 2 atom stereocenters. The molecule has 9 nitrogen and oxygen atoms in total. The van der Waals surface area contributed by atoms with Gasteiger partial charge in [0.25, 0.3) is 0 Å². The van der Waals surface area contributed by atoms with Gasteiger partial charge in [0.05, 0.1) is 27.7 Å². The Labute approximate surface area is 332 Å². The van der Waals surface area contributed by atoms with Crippen molar-refractivity contribution in [3.05, 3.63) is 24.3 Å². The zero-order valence-electron chi connectivity index (χ0n) is 35.7. The lowest BCUT2D eigenvalue weighted by Gasteiger charge is -2.24. The fourth-order valence-corrected chi connectivity index (χ4v) is 6.66. The molecule has 0 aliphatic rings. The van der Waals surface area contributed by atoms with Crippen LogP contribution in [-0.2, 0) is 32.7 Å². The van der Waals surface area contributed by atoms with Gasteiger partial charge in [-0.1, -0.05) is 154 Å². The molecule has 1 unspecified atom stereocenters. The average Bonchev–Trinajstić information content (AvgIpc) is 3.12. The van der Waals surface area contributed by atoms with E-state index in [0.717, 1.165) is 38.5 Å². The summed E-state index contributed by atoms with van der Waals surface area (Å²) in [5.41, 5.74) is 0. The summed E-state index contributed by atoms with van der Waals surface area (Å²) in [5, 5.41) is 0. The summed E-state index contributed by atoms with van der Waals surface area (Å²) in [6.07, 6.45) is 39.3.